The van der Waals surface area contributed by atoms with Gasteiger partial charge in [0.1, 0.15) is 5.84 Å². The SMILES string of the molecule is Clc1ccc2c(c1)Nc1ccc(Cl)cc1C(N1CCNCC1)=N2. The standard InChI is InChI=1S/C17H16Cl2N4/c18-11-1-3-14-13(9-11)17(23-7-5-20-6-8-23)22-15-4-2-12(19)10-16(15)21-14/h1-4,9-10,20-21H,5-8H2. The monoisotopic (exact) mass is 346 g/mol. The van der Waals surface area contributed by atoms with Gasteiger partial charge in [-0.3, -0.25) is 0 Å². The summed E-state index contributed by atoms with van der Waals surface area (Å²) in [4.78, 5) is 7.22. The van der Waals surface area contributed by atoms with Gasteiger partial charge in [-0.05, 0) is 36.4 Å². The lowest BCUT2D eigenvalue weighted by Gasteiger charge is -2.30. The topological polar surface area (TPSA) is 39.7 Å². The summed E-state index contributed by atoms with van der Waals surface area (Å²) in [6, 6.07) is 11.6. The van der Waals surface area contributed by atoms with E-state index in [9.17, 15) is 0 Å². The molecule has 6 heteroatoms. The zero-order valence-corrected chi connectivity index (χ0v) is 14.0. The van der Waals surface area contributed by atoms with E-state index in [0.29, 0.717) is 10.0 Å². The molecule has 0 aliphatic carbocycles. The third-order valence-electron chi connectivity index (χ3n) is 4.09. The van der Waals surface area contributed by atoms with E-state index in [1.165, 1.54) is 0 Å². The van der Waals surface area contributed by atoms with Gasteiger partial charge in [0.25, 0.3) is 0 Å². The van der Waals surface area contributed by atoms with Crippen LogP contribution in [-0.4, -0.2) is 36.9 Å². The number of nitrogens with zero attached hydrogens (tertiary/aromatic N) is 2. The highest BCUT2D eigenvalue weighted by Gasteiger charge is 2.23. The first-order valence-corrected chi connectivity index (χ1v) is 8.37. The minimum Gasteiger partial charge on any atom is -0.353 e. The Kier molecular flexibility index (Phi) is 3.89. The van der Waals surface area contributed by atoms with Crippen molar-refractivity contribution in [1.29, 1.82) is 0 Å². The first-order chi connectivity index (χ1) is 11.2. The molecule has 0 radical (unpaired) electrons. The molecular formula is C17H16Cl2N4. The van der Waals surface area contributed by atoms with Gasteiger partial charge in [-0.15, -0.1) is 0 Å². The number of piperazine rings is 1. The Morgan fingerprint density at radius 3 is 2.48 bits per heavy atom. The zero-order valence-electron chi connectivity index (χ0n) is 12.4. The minimum atomic E-state index is 0.688. The van der Waals surface area contributed by atoms with E-state index in [0.717, 1.165) is 54.6 Å². The van der Waals surface area contributed by atoms with Gasteiger partial charge in [0.2, 0.25) is 0 Å². The van der Waals surface area contributed by atoms with Crippen LogP contribution in [0, 0.1) is 0 Å². The Labute approximate surface area is 145 Å². The van der Waals surface area contributed by atoms with Crippen LogP contribution in [-0.2, 0) is 0 Å². The maximum absolute atomic E-state index is 6.24. The number of halogens is 2. The molecule has 0 amide bonds. The summed E-state index contributed by atoms with van der Waals surface area (Å²) >= 11 is 12.4. The molecule has 2 heterocycles. The van der Waals surface area contributed by atoms with Gasteiger partial charge in [0, 0.05) is 47.5 Å². The molecule has 0 bridgehead atoms. The number of hydrogen-bond donors (Lipinski definition) is 2. The summed E-state index contributed by atoms with van der Waals surface area (Å²) in [7, 11) is 0. The van der Waals surface area contributed by atoms with Crippen LogP contribution in [0.3, 0.4) is 0 Å². The average molecular weight is 347 g/mol. The second-order valence-corrected chi connectivity index (χ2v) is 6.52. The van der Waals surface area contributed by atoms with Gasteiger partial charge >= 0.3 is 0 Å². The smallest absolute Gasteiger partial charge is 0.138 e. The number of anilines is 2. The first-order valence-electron chi connectivity index (χ1n) is 7.61. The Hall–Kier alpha value is -1.75. The number of amidine groups is 1. The molecule has 0 atom stereocenters. The second kappa shape index (κ2) is 6.04. The third kappa shape index (κ3) is 2.90. The molecule has 4 nitrogen and oxygen atoms in total. The maximum Gasteiger partial charge on any atom is 0.138 e. The summed E-state index contributed by atoms with van der Waals surface area (Å²) in [5, 5.41) is 8.21. The molecule has 4 rings (SSSR count). The molecule has 118 valence electrons. The van der Waals surface area contributed by atoms with Crippen molar-refractivity contribution >= 4 is 46.1 Å². The Morgan fingerprint density at radius 1 is 0.913 bits per heavy atom. The van der Waals surface area contributed by atoms with Crippen LogP contribution in [0.15, 0.2) is 41.4 Å². The molecule has 2 aromatic carbocycles. The van der Waals surface area contributed by atoms with E-state index in [4.69, 9.17) is 28.2 Å². The van der Waals surface area contributed by atoms with Crippen molar-refractivity contribution in [2.75, 3.05) is 31.5 Å². The fourth-order valence-corrected chi connectivity index (χ4v) is 3.30. The minimum absolute atomic E-state index is 0.688. The van der Waals surface area contributed by atoms with E-state index < -0.39 is 0 Å². The molecule has 1 saturated heterocycles. The van der Waals surface area contributed by atoms with E-state index in [1.54, 1.807) is 0 Å². The Bertz CT molecular complexity index is 782. The van der Waals surface area contributed by atoms with Gasteiger partial charge in [0.05, 0.1) is 11.4 Å². The molecule has 2 aliphatic heterocycles. The van der Waals surface area contributed by atoms with Crippen LogP contribution < -0.4 is 10.6 Å². The summed E-state index contributed by atoms with van der Waals surface area (Å²) in [5.74, 6) is 0.956. The van der Waals surface area contributed by atoms with Crippen molar-refractivity contribution in [2.24, 2.45) is 4.99 Å². The lowest BCUT2D eigenvalue weighted by Crippen LogP contribution is -2.46. The molecule has 0 unspecified atom stereocenters. The average Bonchev–Trinajstić information content (AvgIpc) is 2.72. The fourth-order valence-electron chi connectivity index (χ4n) is 2.95. The number of rotatable bonds is 0. The van der Waals surface area contributed by atoms with Gasteiger partial charge in [-0.2, -0.15) is 0 Å². The third-order valence-corrected chi connectivity index (χ3v) is 4.56. The second-order valence-electron chi connectivity index (χ2n) is 5.65. The van der Waals surface area contributed by atoms with Gasteiger partial charge in [-0.25, -0.2) is 4.99 Å². The number of benzene rings is 2. The van der Waals surface area contributed by atoms with E-state index in [2.05, 4.69) is 15.5 Å². The van der Waals surface area contributed by atoms with Crippen LogP contribution in [0.1, 0.15) is 5.56 Å². The highest BCUT2D eigenvalue weighted by molar-refractivity contribution is 6.31. The van der Waals surface area contributed by atoms with Crippen molar-refractivity contribution < 1.29 is 0 Å². The largest absolute Gasteiger partial charge is 0.353 e. The molecule has 0 saturated carbocycles. The van der Waals surface area contributed by atoms with Crippen molar-refractivity contribution in [3.05, 3.63) is 52.0 Å². The first kappa shape index (κ1) is 14.8. The summed E-state index contributed by atoms with van der Waals surface area (Å²) in [6.07, 6.45) is 0. The lowest BCUT2D eigenvalue weighted by atomic mass is 10.1. The number of hydrogen-bond acceptors (Lipinski definition) is 4. The molecule has 0 aromatic heterocycles. The van der Waals surface area contributed by atoms with Crippen LogP contribution in [0.5, 0.6) is 0 Å². The molecule has 1 fully saturated rings. The molecule has 2 aliphatic rings. The van der Waals surface area contributed by atoms with Crippen molar-refractivity contribution in [3.63, 3.8) is 0 Å². The number of nitrogens with one attached hydrogen (secondary N) is 2. The predicted octanol–water partition coefficient (Wildman–Crippen LogP) is 4.03. The Morgan fingerprint density at radius 2 is 1.65 bits per heavy atom. The normalized spacial score (nSPS) is 16.8. The quantitative estimate of drug-likeness (QED) is 0.756. The van der Waals surface area contributed by atoms with Crippen molar-refractivity contribution in [2.45, 2.75) is 0 Å². The fraction of sp³-hybridized carbons (Fsp3) is 0.235. The summed E-state index contributed by atoms with van der Waals surface area (Å²) < 4.78 is 0. The Balaban J connectivity index is 1.89. The zero-order chi connectivity index (χ0) is 15.8. The van der Waals surface area contributed by atoms with Crippen LogP contribution in [0.2, 0.25) is 10.0 Å². The molecule has 2 aromatic rings. The molecular weight excluding hydrogens is 331 g/mol. The van der Waals surface area contributed by atoms with Crippen LogP contribution >= 0.6 is 23.2 Å². The van der Waals surface area contributed by atoms with Crippen LogP contribution in [0.25, 0.3) is 0 Å². The highest BCUT2D eigenvalue weighted by atomic mass is 35.5. The molecule has 2 N–H and O–H groups in total. The van der Waals surface area contributed by atoms with Crippen LogP contribution in [0.4, 0.5) is 17.1 Å². The van der Waals surface area contributed by atoms with Gasteiger partial charge < -0.3 is 15.5 Å². The highest BCUT2D eigenvalue weighted by Crippen LogP contribution is 2.37. The summed E-state index contributed by atoms with van der Waals surface area (Å²) in [5.41, 5.74) is 3.81. The van der Waals surface area contributed by atoms with E-state index >= 15 is 0 Å². The van der Waals surface area contributed by atoms with Crippen molar-refractivity contribution in [3.8, 4) is 0 Å². The number of aliphatic imine (C=N–C) groups is 1. The molecule has 0 spiro atoms. The van der Waals surface area contributed by atoms with Gasteiger partial charge in [-0.1, -0.05) is 23.2 Å². The summed E-state index contributed by atoms with van der Waals surface area (Å²) in [6.45, 7) is 3.76. The predicted molar refractivity (Wildman–Crippen MR) is 96.8 cm³/mol. The van der Waals surface area contributed by atoms with Gasteiger partial charge in [0.15, 0.2) is 0 Å². The molecule has 23 heavy (non-hydrogen) atoms. The van der Waals surface area contributed by atoms with E-state index in [-0.39, 0.29) is 0 Å². The lowest BCUT2D eigenvalue weighted by molar-refractivity contribution is 0.358. The maximum atomic E-state index is 6.24. The van der Waals surface area contributed by atoms with E-state index in [1.807, 2.05) is 36.4 Å². The van der Waals surface area contributed by atoms with Crippen molar-refractivity contribution in [1.82, 2.24) is 10.2 Å². The number of fused-ring (bicyclic) bond motifs is 2.